The fourth-order valence-corrected chi connectivity index (χ4v) is 2.58. The Kier molecular flexibility index (Phi) is 3.83. The van der Waals surface area contributed by atoms with Gasteiger partial charge in [-0.05, 0) is 57.5 Å². The van der Waals surface area contributed by atoms with Gasteiger partial charge in [-0.25, -0.2) is 0 Å². The number of benzene rings is 1. The third-order valence-corrected chi connectivity index (χ3v) is 3.42. The summed E-state index contributed by atoms with van der Waals surface area (Å²) in [4.78, 5) is 2.55. The summed E-state index contributed by atoms with van der Waals surface area (Å²) in [7, 11) is 0. The van der Waals surface area contributed by atoms with E-state index in [1.807, 2.05) is 0 Å². The van der Waals surface area contributed by atoms with Crippen molar-refractivity contribution in [3.63, 3.8) is 0 Å². The van der Waals surface area contributed by atoms with E-state index in [1.165, 1.54) is 24.1 Å². The Labute approximate surface area is 98.7 Å². The number of piperidine rings is 1. The lowest BCUT2D eigenvalue weighted by atomic mass is 10.0. The van der Waals surface area contributed by atoms with Crippen LogP contribution in [0.25, 0.3) is 0 Å². The van der Waals surface area contributed by atoms with Gasteiger partial charge in [-0.15, -0.1) is 0 Å². The zero-order chi connectivity index (χ0) is 11.4. The Morgan fingerprint density at radius 3 is 2.69 bits per heavy atom. The number of hydrogen-bond donors (Lipinski definition) is 1. The van der Waals surface area contributed by atoms with Gasteiger partial charge in [0.25, 0.3) is 0 Å². The molecule has 0 bridgehead atoms. The Morgan fingerprint density at radius 2 is 2.06 bits per heavy atom. The van der Waals surface area contributed by atoms with Crippen molar-refractivity contribution in [3.8, 4) is 0 Å². The molecular weight excluding hydrogens is 196 g/mol. The Bertz CT molecular complexity index is 329. The zero-order valence-electron chi connectivity index (χ0n) is 10.4. The van der Waals surface area contributed by atoms with E-state index in [4.69, 9.17) is 0 Å². The third-order valence-electron chi connectivity index (χ3n) is 3.42. The first kappa shape index (κ1) is 11.5. The average molecular weight is 218 g/mol. The van der Waals surface area contributed by atoms with Gasteiger partial charge in [0.05, 0.1) is 0 Å². The van der Waals surface area contributed by atoms with Crippen LogP contribution in [0.1, 0.15) is 25.3 Å². The van der Waals surface area contributed by atoms with Crippen LogP contribution in [0.5, 0.6) is 0 Å². The van der Waals surface area contributed by atoms with Crippen molar-refractivity contribution in [1.29, 1.82) is 0 Å². The van der Waals surface area contributed by atoms with Crippen molar-refractivity contribution < 1.29 is 0 Å². The average Bonchev–Trinajstić information content (AvgIpc) is 2.31. The Hall–Kier alpha value is -1.02. The SMILES string of the molecule is CCN(c1cccc(C)c1)C1CCNCC1. The molecule has 0 unspecified atom stereocenters. The standard InChI is InChI=1S/C14H22N2/c1-3-16(13-7-9-15-10-8-13)14-6-4-5-12(2)11-14/h4-6,11,13,15H,3,7-10H2,1-2H3. The van der Waals surface area contributed by atoms with E-state index in [-0.39, 0.29) is 0 Å². The van der Waals surface area contributed by atoms with Crippen molar-refractivity contribution >= 4 is 5.69 Å². The monoisotopic (exact) mass is 218 g/mol. The molecule has 2 rings (SSSR count). The van der Waals surface area contributed by atoms with Crippen LogP contribution in [0.3, 0.4) is 0 Å². The predicted octanol–water partition coefficient (Wildman–Crippen LogP) is 2.57. The van der Waals surface area contributed by atoms with Crippen LogP contribution < -0.4 is 10.2 Å². The van der Waals surface area contributed by atoms with E-state index in [2.05, 4.69) is 48.3 Å². The van der Waals surface area contributed by atoms with E-state index >= 15 is 0 Å². The van der Waals surface area contributed by atoms with E-state index < -0.39 is 0 Å². The fraction of sp³-hybridized carbons (Fsp3) is 0.571. The van der Waals surface area contributed by atoms with E-state index in [9.17, 15) is 0 Å². The second kappa shape index (κ2) is 5.35. The maximum Gasteiger partial charge on any atom is 0.0371 e. The number of nitrogens with one attached hydrogen (secondary N) is 1. The Morgan fingerprint density at radius 1 is 1.31 bits per heavy atom. The maximum absolute atomic E-state index is 3.43. The van der Waals surface area contributed by atoms with Crippen LogP contribution in [0.15, 0.2) is 24.3 Å². The first-order chi connectivity index (χ1) is 7.81. The van der Waals surface area contributed by atoms with Gasteiger partial charge in [0.15, 0.2) is 0 Å². The van der Waals surface area contributed by atoms with Crippen LogP contribution in [0, 0.1) is 6.92 Å². The van der Waals surface area contributed by atoms with Gasteiger partial charge < -0.3 is 10.2 Å². The summed E-state index contributed by atoms with van der Waals surface area (Å²) in [5.41, 5.74) is 2.74. The van der Waals surface area contributed by atoms with Gasteiger partial charge in [-0.3, -0.25) is 0 Å². The molecule has 0 spiro atoms. The summed E-state index contributed by atoms with van der Waals surface area (Å²) < 4.78 is 0. The van der Waals surface area contributed by atoms with Gasteiger partial charge >= 0.3 is 0 Å². The van der Waals surface area contributed by atoms with Crippen LogP contribution in [0.2, 0.25) is 0 Å². The van der Waals surface area contributed by atoms with Gasteiger partial charge in [-0.2, -0.15) is 0 Å². The molecule has 88 valence electrons. The molecule has 1 fully saturated rings. The molecule has 1 aliphatic rings. The molecule has 0 amide bonds. The van der Waals surface area contributed by atoms with Crippen molar-refractivity contribution in [2.45, 2.75) is 32.7 Å². The molecule has 1 aromatic rings. The largest absolute Gasteiger partial charge is 0.369 e. The molecule has 2 nitrogen and oxygen atoms in total. The molecule has 1 aliphatic heterocycles. The van der Waals surface area contributed by atoms with Gasteiger partial charge in [0, 0.05) is 18.3 Å². The van der Waals surface area contributed by atoms with Crippen molar-refractivity contribution in [2.24, 2.45) is 0 Å². The van der Waals surface area contributed by atoms with Crippen molar-refractivity contribution in [1.82, 2.24) is 5.32 Å². The summed E-state index contributed by atoms with van der Waals surface area (Å²) in [6, 6.07) is 9.58. The summed E-state index contributed by atoms with van der Waals surface area (Å²) in [5, 5.41) is 3.43. The molecule has 1 aromatic carbocycles. The van der Waals surface area contributed by atoms with Crippen LogP contribution in [-0.2, 0) is 0 Å². The molecule has 16 heavy (non-hydrogen) atoms. The molecule has 0 radical (unpaired) electrons. The molecular formula is C14H22N2. The highest BCUT2D eigenvalue weighted by Crippen LogP contribution is 2.22. The molecule has 0 aliphatic carbocycles. The molecule has 0 saturated carbocycles. The highest BCUT2D eigenvalue weighted by Gasteiger charge is 2.19. The minimum atomic E-state index is 0.716. The quantitative estimate of drug-likeness (QED) is 0.839. The van der Waals surface area contributed by atoms with Gasteiger partial charge in [0.2, 0.25) is 0 Å². The van der Waals surface area contributed by atoms with Crippen LogP contribution >= 0.6 is 0 Å². The molecule has 1 heterocycles. The number of aryl methyl sites for hydroxylation is 1. The highest BCUT2D eigenvalue weighted by atomic mass is 15.2. The van der Waals surface area contributed by atoms with Crippen LogP contribution in [-0.4, -0.2) is 25.7 Å². The molecule has 2 heteroatoms. The minimum absolute atomic E-state index is 0.716. The minimum Gasteiger partial charge on any atom is -0.369 e. The third kappa shape index (κ3) is 2.56. The number of nitrogens with zero attached hydrogens (tertiary/aromatic N) is 1. The summed E-state index contributed by atoms with van der Waals surface area (Å²) >= 11 is 0. The van der Waals surface area contributed by atoms with Crippen LogP contribution in [0.4, 0.5) is 5.69 Å². The highest BCUT2D eigenvalue weighted by molar-refractivity contribution is 5.49. The zero-order valence-corrected chi connectivity index (χ0v) is 10.4. The number of rotatable bonds is 3. The lowest BCUT2D eigenvalue weighted by Gasteiger charge is -2.35. The van der Waals surface area contributed by atoms with E-state index in [0.29, 0.717) is 6.04 Å². The first-order valence-corrected chi connectivity index (χ1v) is 6.35. The van der Waals surface area contributed by atoms with E-state index in [0.717, 1.165) is 19.6 Å². The smallest absolute Gasteiger partial charge is 0.0371 e. The first-order valence-electron chi connectivity index (χ1n) is 6.35. The number of hydrogen-bond acceptors (Lipinski definition) is 2. The summed E-state index contributed by atoms with van der Waals surface area (Å²) in [5.74, 6) is 0. The molecule has 0 aromatic heterocycles. The van der Waals surface area contributed by atoms with Gasteiger partial charge in [0.1, 0.15) is 0 Å². The van der Waals surface area contributed by atoms with E-state index in [1.54, 1.807) is 0 Å². The molecule has 1 saturated heterocycles. The summed E-state index contributed by atoms with van der Waals surface area (Å²) in [6.07, 6.45) is 2.53. The number of anilines is 1. The molecule has 1 N–H and O–H groups in total. The second-order valence-electron chi connectivity index (χ2n) is 4.61. The topological polar surface area (TPSA) is 15.3 Å². The predicted molar refractivity (Wildman–Crippen MR) is 70.1 cm³/mol. The lowest BCUT2D eigenvalue weighted by Crippen LogP contribution is -2.43. The fourth-order valence-electron chi connectivity index (χ4n) is 2.58. The summed E-state index contributed by atoms with van der Waals surface area (Å²) in [6.45, 7) is 7.85. The van der Waals surface area contributed by atoms with Crippen molar-refractivity contribution in [3.05, 3.63) is 29.8 Å². The Balaban J connectivity index is 2.14. The molecule has 0 atom stereocenters. The van der Waals surface area contributed by atoms with Gasteiger partial charge in [-0.1, -0.05) is 12.1 Å². The normalized spacial score (nSPS) is 17.4. The lowest BCUT2D eigenvalue weighted by molar-refractivity contribution is 0.433. The maximum atomic E-state index is 3.43. The van der Waals surface area contributed by atoms with Crippen molar-refractivity contribution in [2.75, 3.05) is 24.5 Å². The second-order valence-corrected chi connectivity index (χ2v) is 4.61.